The van der Waals surface area contributed by atoms with Crippen LogP contribution in [0.5, 0.6) is 11.5 Å². The number of Topliss-reactive ketones (excluding diaryl/α,β-unsaturated/α-hetero) is 1. The molecule has 1 amide bonds. The molecule has 174 valence electrons. The minimum Gasteiger partial charge on any atom is -0.507 e. The number of halogens is 1. The average molecular weight is 478 g/mol. The van der Waals surface area contributed by atoms with Gasteiger partial charge in [0.25, 0.3) is 11.7 Å². The molecule has 34 heavy (non-hydrogen) atoms. The van der Waals surface area contributed by atoms with E-state index < -0.39 is 17.7 Å². The normalized spacial score (nSPS) is 17.2. The summed E-state index contributed by atoms with van der Waals surface area (Å²) in [6.07, 6.45) is 0. The van der Waals surface area contributed by atoms with Gasteiger partial charge in [0, 0.05) is 16.8 Å². The van der Waals surface area contributed by atoms with Crippen molar-refractivity contribution >= 4 is 34.7 Å². The minimum absolute atomic E-state index is 0.0427. The van der Waals surface area contributed by atoms with Crippen LogP contribution in [0.3, 0.4) is 0 Å². The summed E-state index contributed by atoms with van der Waals surface area (Å²) in [4.78, 5) is 28.2. The zero-order valence-electron chi connectivity index (χ0n) is 19.3. The molecule has 3 aromatic carbocycles. The van der Waals surface area contributed by atoms with E-state index >= 15 is 0 Å². The number of aliphatic hydroxyl groups excluding tert-OH is 1. The van der Waals surface area contributed by atoms with E-state index in [1.165, 1.54) is 25.2 Å². The first-order valence-corrected chi connectivity index (χ1v) is 11.0. The predicted octanol–water partition coefficient (Wildman–Crippen LogP) is 5.60. The van der Waals surface area contributed by atoms with Crippen molar-refractivity contribution in [3.05, 3.63) is 93.5 Å². The summed E-state index contributed by atoms with van der Waals surface area (Å²) in [5.74, 6) is -1.02. The van der Waals surface area contributed by atoms with Crippen LogP contribution in [0.1, 0.15) is 28.3 Å². The van der Waals surface area contributed by atoms with E-state index in [1.54, 1.807) is 36.4 Å². The van der Waals surface area contributed by atoms with Crippen molar-refractivity contribution in [3.63, 3.8) is 0 Å². The van der Waals surface area contributed by atoms with Gasteiger partial charge in [-0.15, -0.1) is 0 Å². The molecule has 0 radical (unpaired) electrons. The Bertz CT molecular complexity index is 1330. The molecule has 7 heteroatoms. The van der Waals surface area contributed by atoms with Crippen LogP contribution >= 0.6 is 11.6 Å². The van der Waals surface area contributed by atoms with Gasteiger partial charge in [-0.3, -0.25) is 14.5 Å². The van der Waals surface area contributed by atoms with Gasteiger partial charge in [-0.05, 0) is 49.7 Å². The molecule has 1 aliphatic rings. The first kappa shape index (κ1) is 23.4. The molecule has 0 saturated carbocycles. The highest BCUT2D eigenvalue weighted by molar-refractivity contribution is 6.51. The maximum absolute atomic E-state index is 13.4. The Morgan fingerprint density at radius 1 is 0.941 bits per heavy atom. The van der Waals surface area contributed by atoms with Gasteiger partial charge < -0.3 is 14.6 Å². The van der Waals surface area contributed by atoms with Gasteiger partial charge in [0.1, 0.15) is 17.3 Å². The molecule has 1 atom stereocenters. The topological polar surface area (TPSA) is 76.1 Å². The van der Waals surface area contributed by atoms with Crippen molar-refractivity contribution in [1.29, 1.82) is 0 Å². The van der Waals surface area contributed by atoms with Crippen molar-refractivity contribution in [2.75, 3.05) is 19.1 Å². The number of benzene rings is 3. The molecule has 1 unspecified atom stereocenters. The lowest BCUT2D eigenvalue weighted by molar-refractivity contribution is -0.132. The monoisotopic (exact) mass is 477 g/mol. The van der Waals surface area contributed by atoms with Gasteiger partial charge in [0.2, 0.25) is 0 Å². The van der Waals surface area contributed by atoms with Crippen molar-refractivity contribution in [1.82, 2.24) is 0 Å². The summed E-state index contributed by atoms with van der Waals surface area (Å²) in [5, 5.41) is 11.7. The maximum atomic E-state index is 13.4. The zero-order valence-corrected chi connectivity index (χ0v) is 20.0. The van der Waals surface area contributed by atoms with E-state index in [-0.39, 0.29) is 11.3 Å². The fraction of sp³-hybridized carbons (Fsp3) is 0.185. The number of rotatable bonds is 5. The lowest BCUT2D eigenvalue weighted by Gasteiger charge is -2.28. The molecule has 1 aliphatic heterocycles. The molecule has 1 fully saturated rings. The molecule has 6 nitrogen and oxygen atoms in total. The van der Waals surface area contributed by atoms with Gasteiger partial charge >= 0.3 is 0 Å². The molecule has 1 saturated heterocycles. The lowest BCUT2D eigenvalue weighted by atomic mass is 9.94. The van der Waals surface area contributed by atoms with Crippen molar-refractivity contribution in [2.24, 2.45) is 0 Å². The van der Waals surface area contributed by atoms with Crippen molar-refractivity contribution in [3.8, 4) is 11.5 Å². The molecule has 0 aliphatic carbocycles. The fourth-order valence-corrected chi connectivity index (χ4v) is 4.50. The number of hydrogen-bond donors (Lipinski definition) is 1. The number of nitrogens with zero attached hydrogens (tertiary/aromatic N) is 1. The third kappa shape index (κ3) is 3.90. The van der Waals surface area contributed by atoms with E-state index in [0.717, 1.165) is 11.1 Å². The van der Waals surface area contributed by atoms with Crippen LogP contribution in [0, 0.1) is 13.8 Å². The van der Waals surface area contributed by atoms with E-state index in [1.807, 2.05) is 32.0 Å². The van der Waals surface area contributed by atoms with Gasteiger partial charge in [0.15, 0.2) is 0 Å². The number of carbonyl (C=O) groups excluding carboxylic acids is 2. The summed E-state index contributed by atoms with van der Waals surface area (Å²) in [6.45, 7) is 3.83. The van der Waals surface area contributed by atoms with Gasteiger partial charge in [-0.2, -0.15) is 0 Å². The number of ketones is 1. The Kier molecular flexibility index (Phi) is 6.35. The molecule has 0 aromatic heterocycles. The second-order valence-corrected chi connectivity index (χ2v) is 8.46. The molecular weight excluding hydrogens is 454 g/mol. The van der Waals surface area contributed by atoms with Gasteiger partial charge in [-0.1, -0.05) is 47.5 Å². The number of aryl methyl sites for hydroxylation is 2. The van der Waals surface area contributed by atoms with Crippen LogP contribution in [0.15, 0.2) is 66.2 Å². The van der Waals surface area contributed by atoms with E-state index in [0.29, 0.717) is 33.3 Å². The quantitative estimate of drug-likeness (QED) is 0.294. The highest BCUT2D eigenvalue weighted by Crippen LogP contribution is 2.46. The van der Waals surface area contributed by atoms with Crippen molar-refractivity contribution < 1.29 is 24.2 Å². The highest BCUT2D eigenvalue weighted by Gasteiger charge is 2.48. The predicted molar refractivity (Wildman–Crippen MR) is 132 cm³/mol. The van der Waals surface area contributed by atoms with Crippen LogP contribution in [0.2, 0.25) is 5.02 Å². The number of amides is 1. The first-order valence-electron chi connectivity index (χ1n) is 10.6. The summed E-state index contributed by atoms with van der Waals surface area (Å²) in [6, 6.07) is 16.5. The lowest BCUT2D eigenvalue weighted by Crippen LogP contribution is -2.30. The SMILES string of the molecule is COc1cc(/C(O)=C2\C(=O)C(=O)N(c3ccc(C)cc3C)C2c2ccccc2OC)ccc1Cl. The molecular formula is C27H24ClNO5. The van der Waals surface area contributed by atoms with Crippen molar-refractivity contribution in [2.45, 2.75) is 19.9 Å². The van der Waals surface area contributed by atoms with Crippen LogP contribution in [-0.4, -0.2) is 31.0 Å². The standard InChI is InChI=1S/C27H24ClNO5/c1-15-9-12-20(16(2)13-15)29-24(18-7-5-6-8-21(18)33-3)23(26(31)27(29)32)25(30)17-10-11-19(28)22(14-17)34-4/h5-14,24,30H,1-4H3/b25-23+. The third-order valence-corrected chi connectivity index (χ3v) is 6.23. The number of para-hydroxylation sites is 1. The second kappa shape index (κ2) is 9.23. The maximum Gasteiger partial charge on any atom is 0.300 e. The number of ether oxygens (including phenoxy) is 2. The Balaban J connectivity index is 2.01. The molecule has 0 spiro atoms. The van der Waals surface area contributed by atoms with E-state index in [9.17, 15) is 14.7 Å². The summed E-state index contributed by atoms with van der Waals surface area (Å²) in [5.41, 5.74) is 3.27. The summed E-state index contributed by atoms with van der Waals surface area (Å²) in [7, 11) is 2.98. The highest BCUT2D eigenvalue weighted by atomic mass is 35.5. The Hall–Kier alpha value is -3.77. The summed E-state index contributed by atoms with van der Waals surface area (Å²) >= 11 is 6.14. The van der Waals surface area contributed by atoms with Crippen LogP contribution in [0.25, 0.3) is 5.76 Å². The molecule has 4 rings (SSSR count). The molecule has 1 N–H and O–H groups in total. The number of carbonyl (C=O) groups is 2. The van der Waals surface area contributed by atoms with E-state index in [2.05, 4.69) is 0 Å². The van der Waals surface area contributed by atoms with Crippen LogP contribution < -0.4 is 14.4 Å². The van der Waals surface area contributed by atoms with Gasteiger partial charge in [0.05, 0.1) is 30.9 Å². The summed E-state index contributed by atoms with van der Waals surface area (Å²) < 4.78 is 10.8. The smallest absolute Gasteiger partial charge is 0.300 e. The second-order valence-electron chi connectivity index (χ2n) is 8.05. The zero-order chi connectivity index (χ0) is 24.6. The van der Waals surface area contributed by atoms with E-state index in [4.69, 9.17) is 21.1 Å². The fourth-order valence-electron chi connectivity index (χ4n) is 4.31. The molecule has 3 aromatic rings. The van der Waals surface area contributed by atoms with Gasteiger partial charge in [-0.25, -0.2) is 0 Å². The first-order chi connectivity index (χ1) is 16.3. The Morgan fingerprint density at radius 2 is 1.65 bits per heavy atom. The minimum atomic E-state index is -0.903. The molecule has 0 bridgehead atoms. The number of anilines is 1. The number of methoxy groups -OCH3 is 2. The average Bonchev–Trinajstić information content (AvgIpc) is 3.09. The number of hydrogen-bond acceptors (Lipinski definition) is 5. The Labute approximate surface area is 203 Å². The molecule has 1 heterocycles. The largest absolute Gasteiger partial charge is 0.507 e. The Morgan fingerprint density at radius 3 is 2.32 bits per heavy atom. The van der Waals surface area contributed by atoms with Crippen LogP contribution in [-0.2, 0) is 9.59 Å². The number of aliphatic hydroxyl groups is 1. The van der Waals surface area contributed by atoms with Crippen LogP contribution in [0.4, 0.5) is 5.69 Å². The third-order valence-electron chi connectivity index (χ3n) is 5.91.